The number of aromatic hydroxyl groups is 2. The van der Waals surface area contributed by atoms with Crippen LogP contribution in [0.2, 0.25) is 0 Å². The number of hydrogen-bond acceptors (Lipinski definition) is 3. The van der Waals surface area contributed by atoms with Crippen molar-refractivity contribution in [2.24, 2.45) is 0 Å². The van der Waals surface area contributed by atoms with Gasteiger partial charge < -0.3 is 15.3 Å². The Morgan fingerprint density at radius 1 is 0.706 bits per heavy atom. The number of hydrogen-bond donors (Lipinski definition) is 3. The van der Waals surface area contributed by atoms with Crippen molar-refractivity contribution in [3.8, 4) is 11.5 Å². The molecule has 0 fully saturated rings. The lowest BCUT2D eigenvalue weighted by Crippen LogP contribution is -2.24. The summed E-state index contributed by atoms with van der Waals surface area (Å²) in [5, 5.41) is 29.7. The number of phenols is 2. The smallest absolute Gasteiger partial charge is 0.157 e. The van der Waals surface area contributed by atoms with Crippen molar-refractivity contribution in [2.45, 2.75) is 111 Å². The monoisotopic (exact) mass is 468 g/mol. The van der Waals surface area contributed by atoms with Gasteiger partial charge in [-0.15, -0.1) is 0 Å². The molecular weight excluding hydrogens is 420 g/mol. The van der Waals surface area contributed by atoms with E-state index >= 15 is 0 Å². The van der Waals surface area contributed by atoms with Gasteiger partial charge in [-0.05, 0) is 123 Å². The van der Waals surface area contributed by atoms with Gasteiger partial charge in [0.05, 0.1) is 5.60 Å². The van der Waals surface area contributed by atoms with Crippen molar-refractivity contribution in [1.82, 2.24) is 0 Å². The fourth-order valence-electron chi connectivity index (χ4n) is 3.88. The lowest BCUT2D eigenvalue weighted by molar-refractivity contribution is 0.0432. The van der Waals surface area contributed by atoms with Crippen LogP contribution in [0.5, 0.6) is 11.5 Å². The Kier molecular flexibility index (Phi) is 13.7. The van der Waals surface area contributed by atoms with E-state index in [0.717, 1.165) is 50.5 Å². The van der Waals surface area contributed by atoms with Crippen LogP contribution in [0.4, 0.5) is 0 Å². The molecule has 3 nitrogen and oxygen atoms in total. The number of phenolic OH excluding ortho intramolecular Hbond substituents is 2. The van der Waals surface area contributed by atoms with E-state index in [2.05, 4.69) is 58.9 Å². The molecule has 1 aromatic carbocycles. The van der Waals surface area contributed by atoms with Gasteiger partial charge >= 0.3 is 0 Å². The van der Waals surface area contributed by atoms with Crippen molar-refractivity contribution in [1.29, 1.82) is 0 Å². The third-order valence-electron chi connectivity index (χ3n) is 6.32. The average molecular weight is 469 g/mol. The molecule has 0 amide bonds. The predicted molar refractivity (Wildman–Crippen MR) is 146 cm³/mol. The molecular formula is C31H48O3. The van der Waals surface area contributed by atoms with E-state index in [1.165, 1.54) is 28.4 Å². The zero-order valence-electron chi connectivity index (χ0n) is 22.5. The summed E-state index contributed by atoms with van der Waals surface area (Å²) in [4.78, 5) is 0. The van der Waals surface area contributed by atoms with Gasteiger partial charge in [-0.1, -0.05) is 52.7 Å². The Balaban J connectivity index is 2.30. The van der Waals surface area contributed by atoms with Gasteiger partial charge in [-0.3, -0.25) is 0 Å². The summed E-state index contributed by atoms with van der Waals surface area (Å²) in [6, 6.07) is 4.84. The highest BCUT2D eigenvalue weighted by atomic mass is 16.3. The minimum atomic E-state index is -0.752. The van der Waals surface area contributed by atoms with Crippen LogP contribution < -0.4 is 0 Å². The second-order valence-electron chi connectivity index (χ2n) is 10.4. The molecule has 34 heavy (non-hydrogen) atoms. The number of aryl methyl sites for hydroxylation is 1. The first-order valence-corrected chi connectivity index (χ1v) is 12.8. The molecule has 0 aliphatic carbocycles. The SMILES string of the molecule is CC(C)=CCC/C(C)=C/CC/C(C)=C/CC/C(C)=C/CCC(C)(O)CCc1ccc(O)c(O)c1. The van der Waals surface area contributed by atoms with Crippen molar-refractivity contribution in [2.75, 3.05) is 0 Å². The molecule has 0 spiro atoms. The number of benzene rings is 1. The molecule has 1 unspecified atom stereocenters. The second-order valence-corrected chi connectivity index (χ2v) is 10.4. The standard InChI is InChI=1S/C31H48O3/c1-24(2)11-7-12-25(3)13-8-14-26(4)15-9-16-27(5)17-10-21-31(6,34)22-20-28-18-19-29(32)30(33)23-28/h11,13,15,17-19,23,32-34H,7-10,12,14,16,20-22H2,1-6H3/b25-13+,26-15+,27-17+. The molecule has 0 radical (unpaired) electrons. The maximum atomic E-state index is 10.7. The van der Waals surface area contributed by atoms with Crippen LogP contribution in [0, 0.1) is 0 Å². The van der Waals surface area contributed by atoms with Crippen LogP contribution in [0.15, 0.2) is 64.8 Å². The van der Waals surface area contributed by atoms with E-state index < -0.39 is 5.60 Å². The highest BCUT2D eigenvalue weighted by Crippen LogP contribution is 2.27. The molecule has 190 valence electrons. The molecule has 1 atom stereocenters. The first kappa shape index (κ1) is 29.8. The van der Waals surface area contributed by atoms with E-state index in [1.807, 2.05) is 6.92 Å². The number of rotatable bonds is 15. The lowest BCUT2D eigenvalue weighted by atomic mass is 9.91. The summed E-state index contributed by atoms with van der Waals surface area (Å²) >= 11 is 0. The molecule has 0 bridgehead atoms. The van der Waals surface area contributed by atoms with Gasteiger partial charge in [0, 0.05) is 0 Å². The summed E-state index contributed by atoms with van der Waals surface area (Å²) in [5.74, 6) is -0.222. The Bertz CT molecular complexity index is 865. The summed E-state index contributed by atoms with van der Waals surface area (Å²) in [7, 11) is 0. The highest BCUT2D eigenvalue weighted by molar-refractivity contribution is 5.40. The van der Waals surface area contributed by atoms with Gasteiger partial charge in [0.2, 0.25) is 0 Å². The maximum absolute atomic E-state index is 10.7. The summed E-state index contributed by atoms with van der Waals surface area (Å²) in [6.07, 6.45) is 18.9. The molecule has 0 aliphatic heterocycles. The maximum Gasteiger partial charge on any atom is 0.157 e. The summed E-state index contributed by atoms with van der Waals surface area (Å²) in [6.45, 7) is 12.8. The molecule has 3 heteroatoms. The van der Waals surface area contributed by atoms with Crippen LogP contribution in [-0.4, -0.2) is 20.9 Å². The van der Waals surface area contributed by atoms with Crippen molar-refractivity contribution >= 4 is 0 Å². The van der Waals surface area contributed by atoms with E-state index in [0.29, 0.717) is 19.3 Å². The van der Waals surface area contributed by atoms with Gasteiger partial charge in [-0.25, -0.2) is 0 Å². The average Bonchev–Trinajstić information content (AvgIpc) is 2.74. The number of allylic oxidation sites excluding steroid dienone is 8. The first-order chi connectivity index (χ1) is 16.0. The minimum Gasteiger partial charge on any atom is -0.504 e. The zero-order valence-corrected chi connectivity index (χ0v) is 22.5. The molecule has 0 aromatic heterocycles. The molecule has 1 rings (SSSR count). The molecule has 0 saturated heterocycles. The van der Waals surface area contributed by atoms with E-state index in [-0.39, 0.29) is 11.5 Å². The molecule has 0 heterocycles. The van der Waals surface area contributed by atoms with Crippen LogP contribution in [-0.2, 0) is 6.42 Å². The Morgan fingerprint density at radius 2 is 1.21 bits per heavy atom. The molecule has 0 saturated carbocycles. The van der Waals surface area contributed by atoms with Crippen LogP contribution >= 0.6 is 0 Å². The second kappa shape index (κ2) is 15.6. The molecule has 1 aromatic rings. The molecule has 0 aliphatic rings. The minimum absolute atomic E-state index is 0.110. The Hall–Kier alpha value is -2.26. The summed E-state index contributed by atoms with van der Waals surface area (Å²) in [5.41, 5.74) is 5.88. The van der Waals surface area contributed by atoms with E-state index in [4.69, 9.17) is 0 Å². The predicted octanol–water partition coefficient (Wildman–Crippen LogP) is 8.71. The zero-order chi connectivity index (χ0) is 25.6. The number of aliphatic hydroxyl groups is 1. The van der Waals surface area contributed by atoms with Gasteiger partial charge in [0.25, 0.3) is 0 Å². The highest BCUT2D eigenvalue weighted by Gasteiger charge is 2.19. The summed E-state index contributed by atoms with van der Waals surface area (Å²) < 4.78 is 0. The fraction of sp³-hybridized carbons (Fsp3) is 0.548. The quantitative estimate of drug-likeness (QED) is 0.178. The third kappa shape index (κ3) is 14.1. The van der Waals surface area contributed by atoms with Gasteiger partial charge in [0.15, 0.2) is 11.5 Å². The van der Waals surface area contributed by atoms with Crippen LogP contribution in [0.1, 0.15) is 105 Å². The normalized spacial score (nSPS) is 14.7. The lowest BCUT2D eigenvalue weighted by Gasteiger charge is -2.23. The van der Waals surface area contributed by atoms with E-state index in [9.17, 15) is 15.3 Å². The van der Waals surface area contributed by atoms with Crippen LogP contribution in [0.3, 0.4) is 0 Å². The van der Waals surface area contributed by atoms with Gasteiger partial charge in [0.1, 0.15) is 0 Å². The fourth-order valence-corrected chi connectivity index (χ4v) is 3.88. The van der Waals surface area contributed by atoms with Crippen molar-refractivity contribution in [3.05, 3.63) is 70.4 Å². The van der Waals surface area contributed by atoms with Crippen LogP contribution in [0.25, 0.3) is 0 Å². The third-order valence-corrected chi connectivity index (χ3v) is 6.32. The topological polar surface area (TPSA) is 60.7 Å². The van der Waals surface area contributed by atoms with E-state index in [1.54, 1.807) is 12.1 Å². The Morgan fingerprint density at radius 3 is 1.71 bits per heavy atom. The van der Waals surface area contributed by atoms with Crippen molar-refractivity contribution in [3.63, 3.8) is 0 Å². The first-order valence-electron chi connectivity index (χ1n) is 12.8. The molecule has 3 N–H and O–H groups in total. The Labute approximate surface area is 208 Å². The van der Waals surface area contributed by atoms with Crippen molar-refractivity contribution < 1.29 is 15.3 Å². The largest absolute Gasteiger partial charge is 0.504 e. The van der Waals surface area contributed by atoms with Gasteiger partial charge in [-0.2, -0.15) is 0 Å².